The molecule has 1 aromatic heterocycles. The fourth-order valence-corrected chi connectivity index (χ4v) is 1.54. The number of aromatic hydroxyl groups is 1. The second-order valence-electron chi connectivity index (χ2n) is 5.82. The van der Waals surface area contributed by atoms with E-state index in [-0.39, 0.29) is 25.1 Å². The first-order chi connectivity index (χ1) is 10.4. The molecule has 0 spiro atoms. The van der Waals surface area contributed by atoms with Gasteiger partial charge in [0.1, 0.15) is 18.1 Å². The highest BCUT2D eigenvalue weighted by Crippen LogP contribution is 2.18. The highest BCUT2D eigenvalue weighted by molar-refractivity contribution is 5.75. The molecule has 0 radical (unpaired) electrons. The number of ether oxygens (including phenoxy) is 2. The minimum atomic E-state index is -0.566. The lowest BCUT2D eigenvalue weighted by Crippen LogP contribution is -2.24. The van der Waals surface area contributed by atoms with Crippen molar-refractivity contribution in [3.05, 3.63) is 36.2 Å². The zero-order chi connectivity index (χ0) is 16.2. The predicted octanol–water partition coefficient (Wildman–Crippen LogP) is 2.11. The number of nitrogens with zero attached hydrogens (tertiary/aromatic N) is 3. The van der Waals surface area contributed by atoms with E-state index < -0.39 is 5.41 Å². The van der Waals surface area contributed by atoms with Gasteiger partial charge in [-0.15, -0.1) is 5.10 Å². The molecule has 118 valence electrons. The minimum absolute atomic E-state index is 0.00955. The molecule has 7 nitrogen and oxygen atoms in total. The third kappa shape index (κ3) is 4.21. The van der Waals surface area contributed by atoms with E-state index in [0.29, 0.717) is 11.4 Å². The zero-order valence-electron chi connectivity index (χ0n) is 12.8. The van der Waals surface area contributed by atoms with Gasteiger partial charge >= 0.3 is 5.97 Å². The van der Waals surface area contributed by atoms with Crippen molar-refractivity contribution in [2.45, 2.75) is 34.1 Å². The molecule has 7 heteroatoms. The van der Waals surface area contributed by atoms with Gasteiger partial charge in [0.2, 0.25) is 0 Å². The third-order valence-electron chi connectivity index (χ3n) is 2.85. The lowest BCUT2D eigenvalue weighted by Gasteiger charge is -2.16. The standard InChI is InChI=1S/C15H19N3O4/c1-15(2,3)14(20)22-10-18-11(8-16-17-18)9-21-13-6-4-12(19)5-7-13/h4-8,19H,9-10H2,1-3H3. The molecule has 0 fully saturated rings. The molecule has 0 atom stereocenters. The van der Waals surface area contributed by atoms with Crippen molar-refractivity contribution < 1.29 is 19.4 Å². The SMILES string of the molecule is CC(C)(C)C(=O)OCn1nncc1COc1ccc(O)cc1. The Morgan fingerprint density at radius 1 is 1.27 bits per heavy atom. The Hall–Kier alpha value is -2.57. The number of benzene rings is 1. The summed E-state index contributed by atoms with van der Waals surface area (Å²) in [5, 5.41) is 16.9. The second kappa shape index (κ2) is 6.46. The fourth-order valence-electron chi connectivity index (χ4n) is 1.54. The minimum Gasteiger partial charge on any atom is -0.508 e. The topological polar surface area (TPSA) is 86.5 Å². The van der Waals surface area contributed by atoms with Crippen LogP contribution < -0.4 is 4.74 Å². The van der Waals surface area contributed by atoms with Crippen LogP contribution in [0.2, 0.25) is 0 Å². The second-order valence-corrected chi connectivity index (χ2v) is 5.82. The highest BCUT2D eigenvalue weighted by atomic mass is 16.5. The highest BCUT2D eigenvalue weighted by Gasteiger charge is 2.23. The Kier molecular flexibility index (Phi) is 4.65. The van der Waals surface area contributed by atoms with Crippen LogP contribution in [0.25, 0.3) is 0 Å². The maximum Gasteiger partial charge on any atom is 0.313 e. The van der Waals surface area contributed by atoms with E-state index in [1.54, 1.807) is 39.1 Å². The number of phenolic OH excluding ortho intramolecular Hbond substituents is 1. The van der Waals surface area contributed by atoms with E-state index in [1.807, 2.05) is 0 Å². The van der Waals surface area contributed by atoms with Crippen LogP contribution in [0.3, 0.4) is 0 Å². The molecule has 2 aromatic rings. The van der Waals surface area contributed by atoms with Crippen molar-refractivity contribution in [1.29, 1.82) is 0 Å². The maximum atomic E-state index is 11.7. The monoisotopic (exact) mass is 305 g/mol. The van der Waals surface area contributed by atoms with Crippen LogP contribution >= 0.6 is 0 Å². The summed E-state index contributed by atoms with van der Waals surface area (Å²) in [6, 6.07) is 6.39. The molecule has 0 aliphatic heterocycles. The first-order valence-electron chi connectivity index (χ1n) is 6.82. The Labute approximate surface area is 128 Å². The van der Waals surface area contributed by atoms with Crippen molar-refractivity contribution in [3.8, 4) is 11.5 Å². The van der Waals surface area contributed by atoms with Crippen molar-refractivity contribution in [1.82, 2.24) is 15.0 Å². The van der Waals surface area contributed by atoms with Crippen molar-refractivity contribution in [3.63, 3.8) is 0 Å². The van der Waals surface area contributed by atoms with Crippen LogP contribution in [0.5, 0.6) is 11.5 Å². The summed E-state index contributed by atoms with van der Waals surface area (Å²) in [5.74, 6) is 0.471. The van der Waals surface area contributed by atoms with Gasteiger partial charge in [-0.2, -0.15) is 0 Å². The lowest BCUT2D eigenvalue weighted by atomic mass is 9.98. The van der Waals surface area contributed by atoms with Gasteiger partial charge in [-0.1, -0.05) is 5.21 Å². The third-order valence-corrected chi connectivity index (χ3v) is 2.85. The smallest absolute Gasteiger partial charge is 0.313 e. The number of hydrogen-bond acceptors (Lipinski definition) is 6. The summed E-state index contributed by atoms with van der Waals surface area (Å²) in [5.41, 5.74) is 0.110. The van der Waals surface area contributed by atoms with E-state index in [0.717, 1.165) is 0 Å². The number of aromatic nitrogens is 3. The fraction of sp³-hybridized carbons (Fsp3) is 0.400. The van der Waals surface area contributed by atoms with E-state index in [9.17, 15) is 9.90 Å². The van der Waals surface area contributed by atoms with Crippen molar-refractivity contribution >= 4 is 5.97 Å². The molecule has 0 aliphatic rings. The van der Waals surface area contributed by atoms with E-state index >= 15 is 0 Å². The molecule has 22 heavy (non-hydrogen) atoms. The Bertz CT molecular complexity index is 629. The molecule has 0 amide bonds. The van der Waals surface area contributed by atoms with E-state index in [1.165, 1.54) is 16.8 Å². The summed E-state index contributed by atoms with van der Waals surface area (Å²) < 4.78 is 12.2. The molecule has 1 N–H and O–H groups in total. The summed E-state index contributed by atoms with van der Waals surface area (Å²) in [6.07, 6.45) is 1.55. The van der Waals surface area contributed by atoms with Crippen LogP contribution in [0.1, 0.15) is 26.5 Å². The molecule has 0 saturated heterocycles. The average molecular weight is 305 g/mol. The van der Waals surface area contributed by atoms with Crippen molar-refractivity contribution in [2.24, 2.45) is 5.41 Å². The molecular formula is C15H19N3O4. The van der Waals surface area contributed by atoms with Gasteiger partial charge in [-0.3, -0.25) is 4.79 Å². The lowest BCUT2D eigenvalue weighted by molar-refractivity contribution is -0.157. The summed E-state index contributed by atoms with van der Waals surface area (Å²) in [4.78, 5) is 11.7. The number of hydrogen-bond donors (Lipinski definition) is 1. The molecule has 1 heterocycles. The molecule has 1 aromatic carbocycles. The maximum absolute atomic E-state index is 11.7. The van der Waals surface area contributed by atoms with Crippen LogP contribution in [-0.4, -0.2) is 26.1 Å². The van der Waals surface area contributed by atoms with E-state index in [2.05, 4.69) is 10.3 Å². The summed E-state index contributed by atoms with van der Waals surface area (Å²) in [6.45, 7) is 5.57. The molecular weight excluding hydrogens is 286 g/mol. The summed E-state index contributed by atoms with van der Waals surface area (Å²) in [7, 11) is 0. The van der Waals surface area contributed by atoms with Crippen LogP contribution in [0, 0.1) is 5.41 Å². The first-order valence-corrected chi connectivity index (χ1v) is 6.82. The zero-order valence-corrected chi connectivity index (χ0v) is 12.8. The van der Waals surface area contributed by atoms with Crippen molar-refractivity contribution in [2.75, 3.05) is 0 Å². The molecule has 2 rings (SSSR count). The predicted molar refractivity (Wildman–Crippen MR) is 78.0 cm³/mol. The average Bonchev–Trinajstić information content (AvgIpc) is 2.90. The summed E-state index contributed by atoms with van der Waals surface area (Å²) >= 11 is 0. The number of carbonyl (C=O) groups excluding carboxylic acids is 1. The van der Waals surface area contributed by atoms with Gasteiger partial charge < -0.3 is 14.6 Å². The number of esters is 1. The first kappa shape index (κ1) is 15.8. The number of carbonyl (C=O) groups is 1. The van der Waals surface area contributed by atoms with Gasteiger partial charge in [-0.25, -0.2) is 4.68 Å². The molecule has 0 unspecified atom stereocenters. The quantitative estimate of drug-likeness (QED) is 0.851. The van der Waals surface area contributed by atoms with Gasteiger partial charge in [-0.05, 0) is 45.0 Å². The molecule has 0 aliphatic carbocycles. The Balaban J connectivity index is 1.92. The van der Waals surface area contributed by atoms with Gasteiger partial charge in [0.05, 0.1) is 17.3 Å². The van der Waals surface area contributed by atoms with Gasteiger partial charge in [0.25, 0.3) is 0 Å². The van der Waals surface area contributed by atoms with Crippen LogP contribution in [0.4, 0.5) is 0 Å². The van der Waals surface area contributed by atoms with Crippen LogP contribution in [-0.2, 0) is 22.9 Å². The number of rotatable bonds is 5. The van der Waals surface area contributed by atoms with Crippen LogP contribution in [0.15, 0.2) is 30.5 Å². The Morgan fingerprint density at radius 2 is 1.95 bits per heavy atom. The molecule has 0 bridgehead atoms. The van der Waals surface area contributed by atoms with Gasteiger partial charge in [0.15, 0.2) is 6.73 Å². The normalized spacial score (nSPS) is 11.2. The number of phenols is 1. The molecule has 0 saturated carbocycles. The van der Waals surface area contributed by atoms with E-state index in [4.69, 9.17) is 9.47 Å². The Morgan fingerprint density at radius 3 is 2.59 bits per heavy atom. The van der Waals surface area contributed by atoms with Gasteiger partial charge in [0, 0.05) is 0 Å². The largest absolute Gasteiger partial charge is 0.508 e.